The third-order valence-corrected chi connectivity index (χ3v) is 2.71. The summed E-state index contributed by atoms with van der Waals surface area (Å²) in [5, 5.41) is 8.92. The Labute approximate surface area is 113 Å². The summed E-state index contributed by atoms with van der Waals surface area (Å²) in [5.74, 6) is 0.792. The first-order chi connectivity index (χ1) is 9.38. The number of benzene rings is 2. The Morgan fingerprint density at radius 2 is 1.53 bits per heavy atom. The maximum absolute atomic E-state index is 8.92. The lowest BCUT2D eigenvalue weighted by molar-refractivity contribution is 0.0889. The van der Waals surface area contributed by atoms with Gasteiger partial charge >= 0.3 is 0 Å². The molecule has 0 aliphatic carbocycles. The van der Waals surface area contributed by atoms with Gasteiger partial charge in [0.15, 0.2) is 0 Å². The van der Waals surface area contributed by atoms with Gasteiger partial charge in [-0.05, 0) is 23.3 Å². The second-order valence-electron chi connectivity index (χ2n) is 4.19. The lowest BCUT2D eigenvalue weighted by atomic mass is 10.2. The molecule has 0 amide bonds. The molecule has 3 nitrogen and oxygen atoms in total. The van der Waals surface area contributed by atoms with E-state index in [1.54, 1.807) is 0 Å². The highest BCUT2D eigenvalue weighted by Gasteiger charge is 1.96. The molecule has 100 valence electrons. The standard InChI is InChI=1S/C16H18O3/c17-12-14-6-8-16(9-7-14)19-11-10-18-13-15-4-2-1-3-5-15/h1-9,17H,10-13H2. The average molecular weight is 258 g/mol. The minimum Gasteiger partial charge on any atom is -0.491 e. The first-order valence-corrected chi connectivity index (χ1v) is 6.33. The van der Waals surface area contributed by atoms with Crippen LogP contribution in [0.15, 0.2) is 54.6 Å². The van der Waals surface area contributed by atoms with Crippen LogP contribution < -0.4 is 4.74 Å². The second kappa shape index (κ2) is 7.56. The molecule has 1 N–H and O–H groups in total. The molecule has 0 atom stereocenters. The highest BCUT2D eigenvalue weighted by Crippen LogP contribution is 2.12. The first kappa shape index (κ1) is 13.6. The van der Waals surface area contributed by atoms with Crippen LogP contribution >= 0.6 is 0 Å². The molecule has 0 spiro atoms. The Hall–Kier alpha value is -1.84. The van der Waals surface area contributed by atoms with E-state index in [4.69, 9.17) is 14.6 Å². The first-order valence-electron chi connectivity index (χ1n) is 6.33. The van der Waals surface area contributed by atoms with Gasteiger partial charge in [-0.3, -0.25) is 0 Å². The van der Waals surface area contributed by atoms with Crippen molar-refractivity contribution in [3.05, 3.63) is 65.7 Å². The van der Waals surface area contributed by atoms with Crippen LogP contribution in [0.5, 0.6) is 5.75 Å². The molecule has 2 rings (SSSR count). The van der Waals surface area contributed by atoms with Crippen molar-refractivity contribution in [3.8, 4) is 5.75 Å². The fourth-order valence-corrected chi connectivity index (χ4v) is 1.67. The summed E-state index contributed by atoms with van der Waals surface area (Å²) in [6, 6.07) is 17.5. The summed E-state index contributed by atoms with van der Waals surface area (Å²) < 4.78 is 11.1. The predicted molar refractivity (Wildman–Crippen MR) is 74.0 cm³/mol. The molecule has 0 aliphatic heterocycles. The molecule has 0 bridgehead atoms. The van der Waals surface area contributed by atoms with Crippen molar-refractivity contribution in [2.75, 3.05) is 13.2 Å². The van der Waals surface area contributed by atoms with Gasteiger partial charge in [0.2, 0.25) is 0 Å². The molecular formula is C16H18O3. The fourth-order valence-electron chi connectivity index (χ4n) is 1.67. The smallest absolute Gasteiger partial charge is 0.119 e. The molecule has 3 heteroatoms. The van der Waals surface area contributed by atoms with E-state index < -0.39 is 0 Å². The van der Waals surface area contributed by atoms with E-state index in [2.05, 4.69) is 0 Å². The monoisotopic (exact) mass is 258 g/mol. The molecule has 2 aromatic carbocycles. The Bertz CT molecular complexity index is 465. The van der Waals surface area contributed by atoms with Crippen LogP contribution in [0, 0.1) is 0 Å². The van der Waals surface area contributed by atoms with Gasteiger partial charge in [-0.15, -0.1) is 0 Å². The molecule has 0 saturated heterocycles. The Morgan fingerprint density at radius 1 is 0.789 bits per heavy atom. The lowest BCUT2D eigenvalue weighted by Gasteiger charge is -2.07. The summed E-state index contributed by atoms with van der Waals surface area (Å²) in [5.41, 5.74) is 2.04. The normalized spacial score (nSPS) is 10.4. The highest BCUT2D eigenvalue weighted by atomic mass is 16.5. The van der Waals surface area contributed by atoms with Gasteiger partial charge in [0.25, 0.3) is 0 Å². The number of ether oxygens (including phenoxy) is 2. The molecule has 0 radical (unpaired) electrons. The minimum atomic E-state index is 0.0560. The number of rotatable bonds is 7. The second-order valence-corrected chi connectivity index (χ2v) is 4.19. The van der Waals surface area contributed by atoms with E-state index in [-0.39, 0.29) is 6.61 Å². The van der Waals surface area contributed by atoms with E-state index >= 15 is 0 Å². The van der Waals surface area contributed by atoms with Gasteiger partial charge in [-0.25, -0.2) is 0 Å². The average Bonchev–Trinajstić information content (AvgIpc) is 2.49. The molecule has 0 aromatic heterocycles. The van der Waals surface area contributed by atoms with E-state index in [9.17, 15) is 0 Å². The quantitative estimate of drug-likeness (QED) is 0.776. The van der Waals surface area contributed by atoms with Crippen LogP contribution in [0.2, 0.25) is 0 Å². The molecule has 0 heterocycles. The van der Waals surface area contributed by atoms with Crippen LogP contribution in [0.4, 0.5) is 0 Å². The molecular weight excluding hydrogens is 240 g/mol. The van der Waals surface area contributed by atoms with Crippen molar-refractivity contribution >= 4 is 0 Å². The van der Waals surface area contributed by atoms with Gasteiger partial charge in [-0.1, -0.05) is 42.5 Å². The van der Waals surface area contributed by atoms with Crippen molar-refractivity contribution in [2.24, 2.45) is 0 Å². The topological polar surface area (TPSA) is 38.7 Å². The lowest BCUT2D eigenvalue weighted by Crippen LogP contribution is -2.06. The van der Waals surface area contributed by atoms with Crippen molar-refractivity contribution in [3.63, 3.8) is 0 Å². The van der Waals surface area contributed by atoms with Crippen LogP contribution in [0.1, 0.15) is 11.1 Å². The molecule has 0 aliphatic rings. The van der Waals surface area contributed by atoms with Crippen LogP contribution in [-0.4, -0.2) is 18.3 Å². The Balaban J connectivity index is 1.63. The van der Waals surface area contributed by atoms with Crippen molar-refractivity contribution < 1.29 is 14.6 Å². The van der Waals surface area contributed by atoms with Crippen molar-refractivity contribution in [1.82, 2.24) is 0 Å². The van der Waals surface area contributed by atoms with Crippen molar-refractivity contribution in [1.29, 1.82) is 0 Å². The maximum atomic E-state index is 8.92. The molecule has 0 fully saturated rings. The number of hydrogen-bond donors (Lipinski definition) is 1. The van der Waals surface area contributed by atoms with Crippen LogP contribution in [0.25, 0.3) is 0 Å². The Morgan fingerprint density at radius 3 is 2.21 bits per heavy atom. The number of aliphatic hydroxyl groups is 1. The van der Waals surface area contributed by atoms with Gasteiger partial charge in [0.1, 0.15) is 12.4 Å². The molecule has 2 aromatic rings. The Kier molecular flexibility index (Phi) is 5.41. The van der Waals surface area contributed by atoms with E-state index in [0.717, 1.165) is 16.9 Å². The largest absolute Gasteiger partial charge is 0.491 e. The third kappa shape index (κ3) is 4.73. The van der Waals surface area contributed by atoms with Gasteiger partial charge in [0, 0.05) is 0 Å². The SMILES string of the molecule is OCc1ccc(OCCOCc2ccccc2)cc1. The maximum Gasteiger partial charge on any atom is 0.119 e. The summed E-state index contributed by atoms with van der Waals surface area (Å²) in [4.78, 5) is 0. The molecule has 0 unspecified atom stereocenters. The highest BCUT2D eigenvalue weighted by molar-refractivity contribution is 5.26. The minimum absolute atomic E-state index is 0.0560. The predicted octanol–water partition coefficient (Wildman–Crippen LogP) is 2.77. The number of hydrogen-bond acceptors (Lipinski definition) is 3. The third-order valence-electron chi connectivity index (χ3n) is 2.71. The van der Waals surface area contributed by atoms with E-state index in [0.29, 0.717) is 19.8 Å². The zero-order valence-corrected chi connectivity index (χ0v) is 10.8. The van der Waals surface area contributed by atoms with Gasteiger partial charge in [0.05, 0.1) is 19.8 Å². The number of aliphatic hydroxyl groups excluding tert-OH is 1. The van der Waals surface area contributed by atoms with Crippen molar-refractivity contribution in [2.45, 2.75) is 13.2 Å². The summed E-state index contributed by atoms with van der Waals surface area (Å²) in [6.45, 7) is 1.73. The van der Waals surface area contributed by atoms with E-state index in [1.807, 2.05) is 54.6 Å². The zero-order valence-electron chi connectivity index (χ0n) is 10.8. The zero-order chi connectivity index (χ0) is 13.3. The van der Waals surface area contributed by atoms with Crippen LogP contribution in [0.3, 0.4) is 0 Å². The summed E-state index contributed by atoms with van der Waals surface area (Å²) >= 11 is 0. The fraction of sp³-hybridized carbons (Fsp3) is 0.250. The van der Waals surface area contributed by atoms with Gasteiger partial charge < -0.3 is 14.6 Å². The molecule has 0 saturated carbocycles. The molecule has 19 heavy (non-hydrogen) atoms. The van der Waals surface area contributed by atoms with Gasteiger partial charge in [-0.2, -0.15) is 0 Å². The summed E-state index contributed by atoms with van der Waals surface area (Å²) in [7, 11) is 0. The van der Waals surface area contributed by atoms with E-state index in [1.165, 1.54) is 0 Å². The van der Waals surface area contributed by atoms with Crippen LogP contribution in [-0.2, 0) is 18.0 Å². The summed E-state index contributed by atoms with van der Waals surface area (Å²) in [6.07, 6.45) is 0.